The Bertz CT molecular complexity index is 879. The van der Waals surface area contributed by atoms with Crippen molar-refractivity contribution in [2.75, 3.05) is 13.7 Å². The number of rotatable bonds is 16. The average Bonchev–Trinajstić information content (AvgIpc) is 2.86. The van der Waals surface area contributed by atoms with Gasteiger partial charge in [-0.2, -0.15) is 0 Å². The predicted molar refractivity (Wildman–Crippen MR) is 134 cm³/mol. The Morgan fingerprint density at radius 2 is 1.47 bits per heavy atom. The number of hydrogen-bond acceptors (Lipinski definition) is 5. The maximum absolute atomic E-state index is 12.3. The molecule has 1 amide bonds. The zero-order chi connectivity index (χ0) is 24.6. The third-order valence-corrected chi connectivity index (χ3v) is 5.80. The van der Waals surface area contributed by atoms with Gasteiger partial charge in [-0.25, -0.2) is 4.79 Å². The van der Waals surface area contributed by atoms with E-state index in [0.717, 1.165) is 18.4 Å². The number of ether oxygens (including phenoxy) is 2. The van der Waals surface area contributed by atoms with Crippen molar-refractivity contribution < 1.29 is 24.2 Å². The molecule has 0 heterocycles. The fraction of sp³-hybridized carbons (Fsp3) is 0.500. The largest absolute Gasteiger partial charge is 0.508 e. The van der Waals surface area contributed by atoms with Gasteiger partial charge in [-0.3, -0.25) is 4.79 Å². The molecule has 0 bridgehead atoms. The van der Waals surface area contributed by atoms with Crippen LogP contribution in [0.4, 0.5) is 0 Å². The second kappa shape index (κ2) is 15.8. The van der Waals surface area contributed by atoms with E-state index in [9.17, 15) is 14.7 Å². The van der Waals surface area contributed by atoms with E-state index in [-0.39, 0.29) is 23.8 Å². The molecule has 2 N–H and O–H groups in total. The fourth-order valence-electron chi connectivity index (χ4n) is 3.75. The van der Waals surface area contributed by atoms with Crippen LogP contribution in [0.3, 0.4) is 0 Å². The Balaban J connectivity index is 1.64. The molecule has 0 saturated carbocycles. The molecular formula is C28H39NO5. The van der Waals surface area contributed by atoms with E-state index in [1.807, 2.05) is 0 Å². The lowest BCUT2D eigenvalue weighted by molar-refractivity contribution is 0.0468. The predicted octanol–water partition coefficient (Wildman–Crippen LogP) is 6.41. The molecule has 2 aromatic rings. The maximum Gasteiger partial charge on any atom is 0.342 e. The van der Waals surface area contributed by atoms with E-state index in [4.69, 9.17) is 9.47 Å². The molecule has 2 rings (SSSR count). The van der Waals surface area contributed by atoms with Gasteiger partial charge in [0.05, 0.1) is 7.11 Å². The molecule has 6 heteroatoms. The summed E-state index contributed by atoms with van der Waals surface area (Å²) in [6.45, 7) is 2.98. The van der Waals surface area contributed by atoms with Crippen LogP contribution in [-0.2, 0) is 11.3 Å². The smallest absolute Gasteiger partial charge is 0.342 e. The van der Waals surface area contributed by atoms with Crippen molar-refractivity contribution in [3.63, 3.8) is 0 Å². The van der Waals surface area contributed by atoms with Crippen LogP contribution in [0.5, 0.6) is 11.5 Å². The highest BCUT2D eigenvalue weighted by Crippen LogP contribution is 2.24. The first kappa shape index (κ1) is 27.2. The Morgan fingerprint density at radius 1 is 0.853 bits per heavy atom. The highest BCUT2D eigenvalue weighted by atomic mass is 16.5. The molecule has 0 unspecified atom stereocenters. The van der Waals surface area contributed by atoms with Crippen LogP contribution in [-0.4, -0.2) is 30.6 Å². The lowest BCUT2D eigenvalue weighted by atomic mass is 10.1. The van der Waals surface area contributed by atoms with Crippen molar-refractivity contribution in [2.45, 2.75) is 77.7 Å². The van der Waals surface area contributed by atoms with Gasteiger partial charge in [-0.1, -0.05) is 76.8 Å². The van der Waals surface area contributed by atoms with Crippen molar-refractivity contribution in [2.24, 2.45) is 0 Å². The number of phenols is 1. The van der Waals surface area contributed by atoms with E-state index in [1.54, 1.807) is 24.3 Å². The minimum atomic E-state index is -0.592. The third kappa shape index (κ3) is 9.86. The van der Waals surface area contributed by atoms with Crippen molar-refractivity contribution in [1.29, 1.82) is 0 Å². The first-order valence-electron chi connectivity index (χ1n) is 12.5. The van der Waals surface area contributed by atoms with Crippen LogP contribution in [0.2, 0.25) is 0 Å². The summed E-state index contributed by atoms with van der Waals surface area (Å²) in [6, 6.07) is 11.2. The van der Waals surface area contributed by atoms with E-state index < -0.39 is 5.97 Å². The van der Waals surface area contributed by atoms with Crippen LogP contribution in [0, 0.1) is 0 Å². The molecule has 0 atom stereocenters. The topological polar surface area (TPSA) is 84.9 Å². The number of carbonyl (C=O) groups excluding carboxylic acids is 2. The van der Waals surface area contributed by atoms with Crippen LogP contribution in [0.1, 0.15) is 97.4 Å². The molecule has 34 heavy (non-hydrogen) atoms. The Morgan fingerprint density at radius 3 is 2.09 bits per heavy atom. The standard InChI is InChI=1S/C28H39NO5/c1-3-4-5-6-7-8-9-10-11-12-19-29-27(31)23-15-13-22(14-16-23)21-34-28(32)25-20-24(30)17-18-26(25)33-2/h13-18,20,30H,3-12,19,21H2,1-2H3,(H,29,31). The minimum Gasteiger partial charge on any atom is -0.508 e. The molecular weight excluding hydrogens is 430 g/mol. The molecule has 0 aliphatic carbocycles. The fourth-order valence-corrected chi connectivity index (χ4v) is 3.75. The molecule has 2 aromatic carbocycles. The van der Waals surface area contributed by atoms with Crippen LogP contribution in [0.15, 0.2) is 42.5 Å². The molecule has 0 radical (unpaired) electrons. The zero-order valence-corrected chi connectivity index (χ0v) is 20.6. The summed E-state index contributed by atoms with van der Waals surface area (Å²) < 4.78 is 10.5. The summed E-state index contributed by atoms with van der Waals surface area (Å²) in [7, 11) is 1.45. The molecule has 0 aromatic heterocycles. The van der Waals surface area contributed by atoms with Gasteiger partial charge in [0.15, 0.2) is 0 Å². The van der Waals surface area contributed by atoms with E-state index >= 15 is 0 Å². The lowest BCUT2D eigenvalue weighted by Gasteiger charge is -2.10. The molecule has 0 saturated heterocycles. The summed E-state index contributed by atoms with van der Waals surface area (Å²) in [6.07, 6.45) is 12.7. The number of nitrogens with one attached hydrogen (secondary N) is 1. The average molecular weight is 470 g/mol. The van der Waals surface area contributed by atoms with Gasteiger partial charge in [-0.05, 0) is 42.3 Å². The highest BCUT2D eigenvalue weighted by Gasteiger charge is 2.15. The second-order valence-corrected chi connectivity index (χ2v) is 8.60. The molecule has 0 fully saturated rings. The summed E-state index contributed by atoms with van der Waals surface area (Å²) in [5.74, 6) is -0.395. The zero-order valence-electron chi connectivity index (χ0n) is 20.6. The summed E-state index contributed by atoms with van der Waals surface area (Å²) in [5, 5.41) is 12.6. The second-order valence-electron chi connectivity index (χ2n) is 8.60. The third-order valence-electron chi connectivity index (χ3n) is 5.80. The Kier molecular flexibility index (Phi) is 12.6. The summed E-state index contributed by atoms with van der Waals surface area (Å²) in [4.78, 5) is 24.7. The van der Waals surface area contributed by atoms with E-state index in [0.29, 0.717) is 17.9 Å². The number of phenolic OH excluding ortho intramolecular Hbond substituents is 1. The van der Waals surface area contributed by atoms with Gasteiger partial charge < -0.3 is 19.9 Å². The number of methoxy groups -OCH3 is 1. The Hall–Kier alpha value is -3.02. The van der Waals surface area contributed by atoms with Crippen LogP contribution < -0.4 is 10.1 Å². The quantitative estimate of drug-likeness (QED) is 0.219. The first-order chi connectivity index (χ1) is 16.5. The van der Waals surface area contributed by atoms with Gasteiger partial charge >= 0.3 is 5.97 Å². The monoisotopic (exact) mass is 469 g/mol. The first-order valence-corrected chi connectivity index (χ1v) is 12.5. The van der Waals surface area contributed by atoms with Gasteiger partial charge in [0.1, 0.15) is 23.7 Å². The van der Waals surface area contributed by atoms with Crippen LogP contribution >= 0.6 is 0 Å². The normalized spacial score (nSPS) is 10.6. The van der Waals surface area contributed by atoms with Crippen molar-refractivity contribution >= 4 is 11.9 Å². The van der Waals surface area contributed by atoms with E-state index in [1.165, 1.54) is 76.7 Å². The summed E-state index contributed by atoms with van der Waals surface area (Å²) in [5.41, 5.74) is 1.50. The van der Waals surface area contributed by atoms with Crippen molar-refractivity contribution in [3.05, 3.63) is 59.2 Å². The minimum absolute atomic E-state index is 0.0408. The SMILES string of the molecule is CCCCCCCCCCCCNC(=O)c1ccc(COC(=O)c2cc(O)ccc2OC)cc1. The highest BCUT2D eigenvalue weighted by molar-refractivity contribution is 5.94. The molecule has 0 aliphatic heterocycles. The number of amides is 1. The lowest BCUT2D eigenvalue weighted by Crippen LogP contribution is -2.24. The molecule has 0 spiro atoms. The van der Waals surface area contributed by atoms with Gasteiger partial charge in [0.25, 0.3) is 5.91 Å². The number of hydrogen-bond donors (Lipinski definition) is 2. The number of aromatic hydroxyl groups is 1. The van der Waals surface area contributed by atoms with Gasteiger partial charge in [-0.15, -0.1) is 0 Å². The van der Waals surface area contributed by atoms with Crippen molar-refractivity contribution in [3.8, 4) is 11.5 Å². The number of carbonyl (C=O) groups is 2. The number of unbranched alkanes of at least 4 members (excludes halogenated alkanes) is 9. The maximum atomic E-state index is 12.3. The summed E-state index contributed by atoms with van der Waals surface area (Å²) >= 11 is 0. The molecule has 0 aliphatic rings. The Labute approximate surface area is 203 Å². The van der Waals surface area contributed by atoms with Gasteiger partial charge in [0, 0.05) is 12.1 Å². The van der Waals surface area contributed by atoms with Crippen LogP contribution in [0.25, 0.3) is 0 Å². The molecule has 186 valence electrons. The van der Waals surface area contributed by atoms with E-state index in [2.05, 4.69) is 12.2 Å². The number of esters is 1. The molecule has 6 nitrogen and oxygen atoms in total. The van der Waals surface area contributed by atoms with Gasteiger partial charge in [0.2, 0.25) is 0 Å². The van der Waals surface area contributed by atoms with Crippen molar-refractivity contribution in [1.82, 2.24) is 5.32 Å². The number of benzene rings is 2.